The van der Waals surface area contributed by atoms with E-state index in [-0.39, 0.29) is 5.91 Å². The number of furan rings is 1. The molecular formula is C16H17N3O2. The summed E-state index contributed by atoms with van der Waals surface area (Å²) in [4.78, 5) is 14.1. The SMILES string of the molecule is O=C(/C=C/c1ccco1)N1CCn2nc(C3CC3)cc2C1. The number of carbonyl (C=O) groups is 1. The van der Waals surface area contributed by atoms with Gasteiger partial charge in [0.15, 0.2) is 0 Å². The molecular weight excluding hydrogens is 266 g/mol. The van der Waals surface area contributed by atoms with Crippen molar-refractivity contribution in [3.63, 3.8) is 0 Å². The number of nitrogens with zero attached hydrogens (tertiary/aromatic N) is 3. The first-order chi connectivity index (χ1) is 10.3. The third kappa shape index (κ3) is 2.51. The maximum atomic E-state index is 12.2. The van der Waals surface area contributed by atoms with E-state index in [1.165, 1.54) is 18.5 Å². The van der Waals surface area contributed by atoms with E-state index in [0.29, 0.717) is 24.8 Å². The van der Waals surface area contributed by atoms with Crippen molar-refractivity contribution in [2.45, 2.75) is 31.8 Å². The average molecular weight is 283 g/mol. The van der Waals surface area contributed by atoms with Crippen molar-refractivity contribution in [3.8, 4) is 0 Å². The summed E-state index contributed by atoms with van der Waals surface area (Å²) in [5.41, 5.74) is 2.34. The molecule has 1 saturated carbocycles. The molecule has 1 aliphatic heterocycles. The Labute approximate surface area is 122 Å². The first kappa shape index (κ1) is 12.4. The van der Waals surface area contributed by atoms with E-state index < -0.39 is 0 Å². The summed E-state index contributed by atoms with van der Waals surface area (Å²) in [5, 5.41) is 4.64. The van der Waals surface area contributed by atoms with Gasteiger partial charge in [-0.25, -0.2) is 0 Å². The average Bonchev–Trinajstić information content (AvgIpc) is 3.06. The van der Waals surface area contributed by atoms with Gasteiger partial charge in [0.2, 0.25) is 5.91 Å². The van der Waals surface area contributed by atoms with Crippen molar-refractivity contribution in [2.75, 3.05) is 6.54 Å². The summed E-state index contributed by atoms with van der Waals surface area (Å²) in [5.74, 6) is 1.37. The van der Waals surface area contributed by atoms with E-state index in [1.54, 1.807) is 18.4 Å². The van der Waals surface area contributed by atoms with Gasteiger partial charge < -0.3 is 9.32 Å². The second-order valence-electron chi connectivity index (χ2n) is 5.67. The van der Waals surface area contributed by atoms with Crippen LogP contribution in [0.1, 0.15) is 35.9 Å². The van der Waals surface area contributed by atoms with Gasteiger partial charge in [0.1, 0.15) is 5.76 Å². The Hall–Kier alpha value is -2.30. The molecule has 0 radical (unpaired) electrons. The van der Waals surface area contributed by atoms with Gasteiger partial charge in [-0.2, -0.15) is 5.10 Å². The number of amides is 1. The summed E-state index contributed by atoms with van der Waals surface area (Å²) in [6, 6.07) is 5.80. The highest BCUT2D eigenvalue weighted by Crippen LogP contribution is 2.39. The minimum Gasteiger partial charge on any atom is -0.465 e. The molecule has 4 rings (SSSR count). The minimum atomic E-state index is 0.0202. The fourth-order valence-electron chi connectivity index (χ4n) is 2.70. The quantitative estimate of drug-likeness (QED) is 0.813. The molecule has 2 aromatic heterocycles. The minimum absolute atomic E-state index is 0.0202. The van der Waals surface area contributed by atoms with Gasteiger partial charge in [0.05, 0.1) is 30.7 Å². The fraction of sp³-hybridized carbons (Fsp3) is 0.375. The number of aromatic nitrogens is 2. The van der Waals surface area contributed by atoms with Crippen LogP contribution < -0.4 is 0 Å². The first-order valence-electron chi connectivity index (χ1n) is 7.37. The number of rotatable bonds is 3. The Morgan fingerprint density at radius 2 is 2.29 bits per heavy atom. The zero-order valence-corrected chi connectivity index (χ0v) is 11.7. The van der Waals surface area contributed by atoms with Crippen LogP contribution in [0.15, 0.2) is 35.0 Å². The normalized spacial score (nSPS) is 18.2. The van der Waals surface area contributed by atoms with E-state index in [2.05, 4.69) is 11.2 Å². The Bertz CT molecular complexity index is 680. The predicted octanol–water partition coefficient (Wildman–Crippen LogP) is 2.41. The second kappa shape index (κ2) is 4.91. The van der Waals surface area contributed by atoms with E-state index >= 15 is 0 Å². The summed E-state index contributed by atoms with van der Waals surface area (Å²) < 4.78 is 7.24. The van der Waals surface area contributed by atoms with Gasteiger partial charge in [0.25, 0.3) is 0 Å². The lowest BCUT2D eigenvalue weighted by Crippen LogP contribution is -2.37. The molecule has 0 unspecified atom stereocenters. The molecule has 3 heterocycles. The molecule has 0 bridgehead atoms. The Kier molecular flexibility index (Phi) is 2.91. The molecule has 2 aliphatic rings. The number of hydrogen-bond donors (Lipinski definition) is 0. The zero-order valence-electron chi connectivity index (χ0n) is 11.7. The molecule has 0 aromatic carbocycles. The topological polar surface area (TPSA) is 51.3 Å². The highest BCUT2D eigenvalue weighted by molar-refractivity contribution is 5.91. The molecule has 0 atom stereocenters. The molecule has 1 aliphatic carbocycles. The number of carbonyl (C=O) groups excluding carboxylic acids is 1. The van der Waals surface area contributed by atoms with Gasteiger partial charge in [-0.05, 0) is 37.1 Å². The molecule has 1 fully saturated rings. The van der Waals surface area contributed by atoms with E-state index in [0.717, 1.165) is 12.2 Å². The summed E-state index contributed by atoms with van der Waals surface area (Å²) in [6.45, 7) is 2.13. The summed E-state index contributed by atoms with van der Waals surface area (Å²) in [6.07, 6.45) is 7.40. The lowest BCUT2D eigenvalue weighted by Gasteiger charge is -2.26. The molecule has 21 heavy (non-hydrogen) atoms. The van der Waals surface area contributed by atoms with Gasteiger partial charge in [-0.1, -0.05) is 0 Å². The van der Waals surface area contributed by atoms with E-state index in [1.807, 2.05) is 21.7 Å². The molecule has 0 N–H and O–H groups in total. The van der Waals surface area contributed by atoms with E-state index in [4.69, 9.17) is 4.42 Å². The fourth-order valence-corrected chi connectivity index (χ4v) is 2.70. The number of fused-ring (bicyclic) bond motifs is 1. The van der Waals surface area contributed by atoms with Crippen molar-refractivity contribution >= 4 is 12.0 Å². The van der Waals surface area contributed by atoms with E-state index in [9.17, 15) is 4.79 Å². The first-order valence-corrected chi connectivity index (χ1v) is 7.37. The van der Waals surface area contributed by atoms with Gasteiger partial charge in [0, 0.05) is 18.5 Å². The molecule has 0 saturated heterocycles. The van der Waals surface area contributed by atoms with Gasteiger partial charge in [-0.3, -0.25) is 9.48 Å². The van der Waals surface area contributed by atoms with Gasteiger partial charge in [-0.15, -0.1) is 0 Å². The van der Waals surface area contributed by atoms with Crippen LogP contribution in [0.3, 0.4) is 0 Å². The van der Waals surface area contributed by atoms with Crippen molar-refractivity contribution in [3.05, 3.63) is 47.7 Å². The van der Waals surface area contributed by atoms with Gasteiger partial charge >= 0.3 is 0 Å². The second-order valence-corrected chi connectivity index (χ2v) is 5.67. The highest BCUT2D eigenvalue weighted by Gasteiger charge is 2.29. The Balaban J connectivity index is 1.45. The lowest BCUT2D eigenvalue weighted by atomic mass is 10.2. The third-order valence-electron chi connectivity index (χ3n) is 4.06. The van der Waals surface area contributed by atoms with Crippen molar-refractivity contribution in [1.29, 1.82) is 0 Å². The monoisotopic (exact) mass is 283 g/mol. The molecule has 0 spiro atoms. The van der Waals surface area contributed by atoms with Crippen molar-refractivity contribution in [2.24, 2.45) is 0 Å². The lowest BCUT2D eigenvalue weighted by molar-refractivity contribution is -0.127. The maximum Gasteiger partial charge on any atom is 0.247 e. The smallest absolute Gasteiger partial charge is 0.247 e. The predicted molar refractivity (Wildman–Crippen MR) is 77.4 cm³/mol. The summed E-state index contributed by atoms with van der Waals surface area (Å²) >= 11 is 0. The molecule has 1 amide bonds. The third-order valence-corrected chi connectivity index (χ3v) is 4.06. The van der Waals surface area contributed by atoms with Crippen molar-refractivity contribution in [1.82, 2.24) is 14.7 Å². The summed E-state index contributed by atoms with van der Waals surface area (Å²) in [7, 11) is 0. The molecule has 2 aromatic rings. The Morgan fingerprint density at radius 3 is 3.05 bits per heavy atom. The standard InChI is InChI=1S/C16H17N3O2/c20-16(6-5-14-2-1-9-21-14)18-7-8-19-13(11-18)10-15(17-19)12-3-4-12/h1-2,5-6,9-10,12H,3-4,7-8,11H2/b6-5+. The van der Waals surface area contributed by atoms with Crippen molar-refractivity contribution < 1.29 is 9.21 Å². The molecule has 5 nitrogen and oxygen atoms in total. The van der Waals surface area contributed by atoms with Crippen LogP contribution in [0.5, 0.6) is 0 Å². The van der Waals surface area contributed by atoms with Crippen LogP contribution in [0.25, 0.3) is 6.08 Å². The van der Waals surface area contributed by atoms with Crippen LogP contribution in [0.2, 0.25) is 0 Å². The zero-order chi connectivity index (χ0) is 14.2. The largest absolute Gasteiger partial charge is 0.465 e. The maximum absolute atomic E-state index is 12.2. The van der Waals surface area contributed by atoms with Crippen LogP contribution >= 0.6 is 0 Å². The number of hydrogen-bond acceptors (Lipinski definition) is 3. The van der Waals surface area contributed by atoms with Crippen LogP contribution in [0, 0.1) is 0 Å². The highest BCUT2D eigenvalue weighted by atomic mass is 16.3. The molecule has 5 heteroatoms. The molecule has 108 valence electrons. The van der Waals surface area contributed by atoms with Crippen LogP contribution in [-0.2, 0) is 17.9 Å². The Morgan fingerprint density at radius 1 is 1.38 bits per heavy atom. The van der Waals surface area contributed by atoms with Crippen LogP contribution in [0.4, 0.5) is 0 Å². The van der Waals surface area contributed by atoms with Crippen LogP contribution in [-0.4, -0.2) is 27.1 Å².